The minimum atomic E-state index is -1.01. The lowest BCUT2D eigenvalue weighted by Gasteiger charge is -2.16. The van der Waals surface area contributed by atoms with Gasteiger partial charge in [-0.25, -0.2) is 4.79 Å². The van der Waals surface area contributed by atoms with Gasteiger partial charge >= 0.3 is 5.97 Å². The largest absolute Gasteiger partial charge is 0.478 e. The molecule has 0 bridgehead atoms. The van der Waals surface area contributed by atoms with Gasteiger partial charge in [-0.05, 0) is 55.6 Å². The van der Waals surface area contributed by atoms with Gasteiger partial charge in [0, 0.05) is 26.1 Å². The zero-order chi connectivity index (χ0) is 15.6. The second-order valence-corrected chi connectivity index (χ2v) is 6.35. The molecule has 1 aliphatic heterocycles. The normalized spacial score (nSPS) is 18.5. The molecule has 1 atom stereocenters. The molecule has 0 aliphatic carbocycles. The van der Waals surface area contributed by atoms with Gasteiger partial charge in [-0.2, -0.15) is 0 Å². The number of hydrogen-bond donors (Lipinski definition) is 1. The molecule has 1 unspecified atom stereocenters. The second-order valence-electron chi connectivity index (χ2n) is 4.64. The lowest BCUT2D eigenvalue weighted by molar-refractivity contribution is -0.132. The van der Waals surface area contributed by atoms with E-state index in [1.807, 2.05) is 0 Å². The van der Waals surface area contributed by atoms with E-state index in [0.717, 1.165) is 6.08 Å². The summed E-state index contributed by atoms with van der Waals surface area (Å²) >= 11 is 6.77. The van der Waals surface area contributed by atoms with Gasteiger partial charge in [-0.15, -0.1) is 0 Å². The maximum absolute atomic E-state index is 11.9. The number of benzene rings is 1. The number of ether oxygens (including phenoxy) is 1. The van der Waals surface area contributed by atoms with E-state index >= 15 is 0 Å². The fourth-order valence-corrected chi connectivity index (χ4v) is 3.41. The van der Waals surface area contributed by atoms with Gasteiger partial charge in [0.25, 0.3) is 5.91 Å². The smallest absolute Gasteiger partial charge is 0.328 e. The van der Waals surface area contributed by atoms with Crippen molar-refractivity contribution in [3.63, 3.8) is 0 Å². The van der Waals surface area contributed by atoms with E-state index in [1.54, 1.807) is 24.1 Å². The molecule has 1 N–H and O–H groups in total. The Morgan fingerprint density at radius 3 is 2.52 bits per heavy atom. The van der Waals surface area contributed by atoms with Crippen molar-refractivity contribution in [2.45, 2.75) is 12.5 Å². The highest BCUT2D eigenvalue weighted by molar-refractivity contribution is 9.11. The number of nitrogens with zero attached hydrogens (tertiary/aromatic N) is 1. The molecule has 112 valence electrons. The highest BCUT2D eigenvalue weighted by atomic mass is 79.9. The Morgan fingerprint density at radius 1 is 1.43 bits per heavy atom. The lowest BCUT2D eigenvalue weighted by Crippen LogP contribution is -2.29. The zero-order valence-electron chi connectivity index (χ0n) is 11.2. The number of amides is 1. The third kappa shape index (κ3) is 3.85. The predicted molar refractivity (Wildman–Crippen MR) is 85.2 cm³/mol. The molecular weight excluding hydrogens is 406 g/mol. The van der Waals surface area contributed by atoms with Gasteiger partial charge < -0.3 is 14.7 Å². The molecule has 2 rings (SSSR count). The topological polar surface area (TPSA) is 66.8 Å². The Kier molecular flexibility index (Phi) is 5.05. The van der Waals surface area contributed by atoms with Crippen molar-refractivity contribution in [1.82, 2.24) is 4.90 Å². The number of halogens is 2. The van der Waals surface area contributed by atoms with Crippen molar-refractivity contribution < 1.29 is 19.4 Å². The number of likely N-dealkylation sites (tertiary alicyclic amines) is 1. The van der Waals surface area contributed by atoms with Crippen molar-refractivity contribution in [3.8, 4) is 5.75 Å². The van der Waals surface area contributed by atoms with Gasteiger partial charge in [-0.1, -0.05) is 0 Å². The summed E-state index contributed by atoms with van der Waals surface area (Å²) in [5, 5.41) is 8.63. The average Bonchev–Trinajstić information content (AvgIpc) is 2.72. The van der Waals surface area contributed by atoms with E-state index in [4.69, 9.17) is 9.84 Å². The molecule has 5 nitrogen and oxygen atoms in total. The summed E-state index contributed by atoms with van der Waals surface area (Å²) in [4.78, 5) is 24.0. The monoisotopic (exact) mass is 417 g/mol. The van der Waals surface area contributed by atoms with E-state index in [2.05, 4.69) is 31.9 Å². The molecule has 21 heavy (non-hydrogen) atoms. The van der Waals surface area contributed by atoms with Crippen LogP contribution in [0.15, 0.2) is 27.2 Å². The third-order valence-corrected chi connectivity index (χ3v) is 4.26. The predicted octanol–water partition coefficient (Wildman–Crippen LogP) is 2.92. The molecule has 0 saturated carbocycles. The van der Waals surface area contributed by atoms with Crippen molar-refractivity contribution >= 4 is 49.8 Å². The summed E-state index contributed by atoms with van der Waals surface area (Å²) in [5.41, 5.74) is 0.707. The van der Waals surface area contributed by atoms with Gasteiger partial charge in [0.2, 0.25) is 0 Å². The highest BCUT2D eigenvalue weighted by Crippen LogP contribution is 2.36. The molecule has 0 spiro atoms. The molecule has 0 aromatic heterocycles. The van der Waals surface area contributed by atoms with Gasteiger partial charge in [0.1, 0.15) is 5.75 Å². The van der Waals surface area contributed by atoms with E-state index < -0.39 is 12.1 Å². The number of carboxylic acids is 1. The molecule has 1 heterocycles. The number of likely N-dealkylation sites (N-methyl/N-ethyl adjacent to an activating group) is 1. The minimum Gasteiger partial charge on any atom is -0.478 e. The fourth-order valence-electron chi connectivity index (χ4n) is 2.00. The first-order chi connectivity index (χ1) is 9.88. The van der Waals surface area contributed by atoms with Crippen LogP contribution in [0.25, 0.3) is 6.08 Å². The molecule has 1 aliphatic rings. The number of rotatable bonds is 4. The maximum Gasteiger partial charge on any atom is 0.328 e. The van der Waals surface area contributed by atoms with Crippen LogP contribution in [0.4, 0.5) is 0 Å². The Bertz CT molecular complexity index is 592. The Morgan fingerprint density at radius 2 is 2.05 bits per heavy atom. The maximum atomic E-state index is 11.9. The van der Waals surface area contributed by atoms with Gasteiger partial charge in [0.15, 0.2) is 6.10 Å². The summed E-state index contributed by atoms with van der Waals surface area (Å²) in [6, 6.07) is 3.48. The van der Waals surface area contributed by atoms with Crippen LogP contribution in [0.2, 0.25) is 0 Å². The first-order valence-electron chi connectivity index (χ1n) is 6.20. The first kappa shape index (κ1) is 16.0. The molecular formula is C14H13Br2NO4. The van der Waals surface area contributed by atoms with E-state index in [-0.39, 0.29) is 5.91 Å². The zero-order valence-corrected chi connectivity index (χ0v) is 14.3. The van der Waals surface area contributed by atoms with Crippen LogP contribution < -0.4 is 4.74 Å². The summed E-state index contributed by atoms with van der Waals surface area (Å²) in [6.45, 7) is 0.679. The number of aliphatic carboxylic acids is 1. The van der Waals surface area contributed by atoms with Gasteiger partial charge in [-0.3, -0.25) is 4.79 Å². The number of carbonyl (C=O) groups is 2. The van der Waals surface area contributed by atoms with Crippen LogP contribution in [0.3, 0.4) is 0 Å². The number of carboxylic acid groups (broad SMARTS) is 1. The van der Waals surface area contributed by atoms with Crippen molar-refractivity contribution in [2.75, 3.05) is 13.6 Å². The quantitative estimate of drug-likeness (QED) is 0.763. The van der Waals surface area contributed by atoms with Crippen LogP contribution in [0.5, 0.6) is 5.75 Å². The SMILES string of the molecule is CN1CCC(Oc2c(Br)cc(/C=C/C(=O)O)cc2Br)C1=O. The second kappa shape index (κ2) is 6.62. The third-order valence-electron chi connectivity index (χ3n) is 3.08. The summed E-state index contributed by atoms with van der Waals surface area (Å²) in [5.74, 6) is -0.512. The summed E-state index contributed by atoms with van der Waals surface area (Å²) in [6.07, 6.45) is 2.71. The first-order valence-corrected chi connectivity index (χ1v) is 7.78. The van der Waals surface area contributed by atoms with Crippen LogP contribution in [-0.2, 0) is 9.59 Å². The Balaban J connectivity index is 2.21. The van der Waals surface area contributed by atoms with Crippen LogP contribution in [0, 0.1) is 0 Å². The Labute approximate surface area is 138 Å². The van der Waals surface area contributed by atoms with Crippen molar-refractivity contribution in [3.05, 3.63) is 32.7 Å². The van der Waals surface area contributed by atoms with Crippen LogP contribution >= 0.6 is 31.9 Å². The average molecular weight is 419 g/mol. The molecule has 1 aromatic carbocycles. The molecule has 1 aromatic rings. The van der Waals surface area contributed by atoms with E-state index in [1.165, 1.54) is 6.08 Å². The highest BCUT2D eigenvalue weighted by Gasteiger charge is 2.31. The minimum absolute atomic E-state index is 0.0383. The van der Waals surface area contributed by atoms with Crippen LogP contribution in [0.1, 0.15) is 12.0 Å². The van der Waals surface area contributed by atoms with Crippen molar-refractivity contribution in [2.24, 2.45) is 0 Å². The lowest BCUT2D eigenvalue weighted by atomic mass is 10.2. The van der Waals surface area contributed by atoms with Crippen molar-refractivity contribution in [1.29, 1.82) is 0 Å². The molecule has 1 fully saturated rings. The fraction of sp³-hybridized carbons (Fsp3) is 0.286. The van der Waals surface area contributed by atoms with E-state index in [9.17, 15) is 9.59 Å². The summed E-state index contributed by atoms with van der Waals surface area (Å²) in [7, 11) is 1.75. The number of hydrogen-bond acceptors (Lipinski definition) is 3. The standard InChI is InChI=1S/C14H13Br2NO4/c1-17-5-4-11(14(17)20)21-13-9(15)6-8(7-10(13)16)2-3-12(18)19/h2-3,6-7,11H,4-5H2,1H3,(H,18,19)/b3-2+. The van der Waals surface area contributed by atoms with Gasteiger partial charge in [0.05, 0.1) is 8.95 Å². The van der Waals surface area contributed by atoms with E-state index in [0.29, 0.717) is 33.2 Å². The molecule has 0 radical (unpaired) electrons. The summed E-state index contributed by atoms with van der Waals surface area (Å²) < 4.78 is 7.09. The number of carbonyl (C=O) groups excluding carboxylic acids is 1. The molecule has 1 saturated heterocycles. The van der Waals surface area contributed by atoms with Crippen LogP contribution in [-0.4, -0.2) is 41.6 Å². The molecule has 1 amide bonds. The molecule has 7 heteroatoms. The Hall–Kier alpha value is -1.34.